The summed E-state index contributed by atoms with van der Waals surface area (Å²) >= 11 is 0. The monoisotopic (exact) mass is 279 g/mol. The van der Waals surface area contributed by atoms with Gasteiger partial charge in [0.05, 0.1) is 0 Å². The van der Waals surface area contributed by atoms with Gasteiger partial charge in [0.25, 0.3) is 0 Å². The van der Waals surface area contributed by atoms with Crippen LogP contribution in [-0.2, 0) is 0 Å². The lowest BCUT2D eigenvalue weighted by molar-refractivity contribution is 0.144. The quantitative estimate of drug-likeness (QED) is 0.860. The minimum Gasteiger partial charge on any atom is -0.327 e. The highest BCUT2D eigenvalue weighted by atomic mass is 15.3. The highest BCUT2D eigenvalue weighted by molar-refractivity contribution is 4.92. The van der Waals surface area contributed by atoms with Gasteiger partial charge in [-0.05, 0) is 64.0 Å². The van der Waals surface area contributed by atoms with Crippen LogP contribution in [0, 0.1) is 11.8 Å². The van der Waals surface area contributed by atoms with Gasteiger partial charge in [-0.3, -0.25) is 4.90 Å². The zero-order valence-electron chi connectivity index (χ0n) is 13.4. The van der Waals surface area contributed by atoms with Gasteiger partial charge in [0.2, 0.25) is 0 Å². The van der Waals surface area contributed by atoms with Gasteiger partial charge < -0.3 is 10.6 Å². The molecule has 1 saturated carbocycles. The Morgan fingerprint density at radius 2 is 1.85 bits per heavy atom. The molecule has 5 atom stereocenters. The molecule has 0 amide bonds. The summed E-state index contributed by atoms with van der Waals surface area (Å²) in [5.41, 5.74) is 6.42. The van der Waals surface area contributed by atoms with Crippen LogP contribution in [0.4, 0.5) is 0 Å². The normalized spacial score (nSPS) is 43.6. The molecule has 3 rings (SSSR count). The van der Waals surface area contributed by atoms with E-state index in [0.29, 0.717) is 6.04 Å². The van der Waals surface area contributed by atoms with Gasteiger partial charge in [-0.1, -0.05) is 13.3 Å². The second-order valence-electron chi connectivity index (χ2n) is 7.61. The van der Waals surface area contributed by atoms with Gasteiger partial charge in [-0.25, -0.2) is 0 Å². The molecule has 5 unspecified atom stereocenters. The molecule has 2 saturated heterocycles. The molecule has 2 aliphatic heterocycles. The summed E-state index contributed by atoms with van der Waals surface area (Å²) in [6.45, 7) is 6.19. The first-order valence-corrected chi connectivity index (χ1v) is 8.87. The summed E-state index contributed by atoms with van der Waals surface area (Å²) in [5, 5.41) is 0. The minimum absolute atomic E-state index is 0.455. The van der Waals surface area contributed by atoms with Crippen molar-refractivity contribution in [3.8, 4) is 0 Å². The van der Waals surface area contributed by atoms with E-state index in [1.807, 2.05) is 0 Å². The molecule has 3 heteroatoms. The number of fused-ring (bicyclic) bond motifs is 2. The summed E-state index contributed by atoms with van der Waals surface area (Å²) < 4.78 is 0. The molecule has 3 fully saturated rings. The number of nitrogens with zero attached hydrogens (tertiary/aromatic N) is 2. The van der Waals surface area contributed by atoms with E-state index in [0.717, 1.165) is 23.9 Å². The van der Waals surface area contributed by atoms with Crippen LogP contribution >= 0.6 is 0 Å². The van der Waals surface area contributed by atoms with Crippen molar-refractivity contribution in [2.45, 2.75) is 70.0 Å². The third-order valence-electron chi connectivity index (χ3n) is 6.45. The molecule has 1 aliphatic carbocycles. The van der Waals surface area contributed by atoms with Crippen molar-refractivity contribution >= 4 is 0 Å². The standard InChI is InChI=1S/C17H33N3/c1-3-13-4-7-17(18)14(10-13)11-20-9-8-15-5-6-16(12-20)19(15)2/h13-17H,3-12,18H2,1-2H3. The predicted octanol–water partition coefficient (Wildman–Crippen LogP) is 2.31. The summed E-state index contributed by atoms with van der Waals surface area (Å²) in [4.78, 5) is 5.39. The summed E-state index contributed by atoms with van der Waals surface area (Å²) in [7, 11) is 2.34. The number of likely N-dealkylation sites (tertiary alicyclic amines) is 1. The highest BCUT2D eigenvalue weighted by Crippen LogP contribution is 2.33. The van der Waals surface area contributed by atoms with Crippen molar-refractivity contribution < 1.29 is 0 Å². The zero-order valence-corrected chi connectivity index (χ0v) is 13.4. The third-order valence-corrected chi connectivity index (χ3v) is 6.45. The molecule has 0 radical (unpaired) electrons. The van der Waals surface area contributed by atoms with E-state index < -0.39 is 0 Å². The smallest absolute Gasteiger partial charge is 0.0223 e. The lowest BCUT2D eigenvalue weighted by Crippen LogP contribution is -2.45. The molecule has 0 aromatic carbocycles. The lowest BCUT2D eigenvalue weighted by atomic mass is 9.77. The van der Waals surface area contributed by atoms with Gasteiger partial charge in [0, 0.05) is 31.2 Å². The van der Waals surface area contributed by atoms with E-state index in [4.69, 9.17) is 5.73 Å². The second-order valence-corrected chi connectivity index (χ2v) is 7.61. The van der Waals surface area contributed by atoms with Gasteiger partial charge in [-0.2, -0.15) is 0 Å². The van der Waals surface area contributed by atoms with E-state index in [-0.39, 0.29) is 0 Å². The van der Waals surface area contributed by atoms with E-state index in [9.17, 15) is 0 Å². The van der Waals surface area contributed by atoms with Crippen LogP contribution in [0.5, 0.6) is 0 Å². The summed E-state index contributed by atoms with van der Waals surface area (Å²) in [6.07, 6.45) is 9.54. The average molecular weight is 279 g/mol. The number of likely N-dealkylation sites (N-methyl/N-ethyl adjacent to an activating group) is 1. The SMILES string of the molecule is CCC1CCC(N)C(CN2CCC3CCC(C2)N3C)C1. The largest absolute Gasteiger partial charge is 0.327 e. The number of hydrogen-bond donors (Lipinski definition) is 1. The maximum Gasteiger partial charge on any atom is 0.0223 e. The third kappa shape index (κ3) is 3.05. The number of rotatable bonds is 3. The van der Waals surface area contributed by atoms with Crippen LogP contribution < -0.4 is 5.73 Å². The molecule has 116 valence electrons. The molecular formula is C17H33N3. The topological polar surface area (TPSA) is 32.5 Å². The maximum absolute atomic E-state index is 6.42. The van der Waals surface area contributed by atoms with Crippen LogP contribution in [0.2, 0.25) is 0 Å². The van der Waals surface area contributed by atoms with E-state index >= 15 is 0 Å². The molecule has 3 nitrogen and oxygen atoms in total. The molecular weight excluding hydrogens is 246 g/mol. The first-order chi connectivity index (χ1) is 9.67. The number of nitrogens with two attached hydrogens (primary N) is 1. The molecule has 20 heavy (non-hydrogen) atoms. The van der Waals surface area contributed by atoms with Crippen molar-refractivity contribution in [3.05, 3.63) is 0 Å². The zero-order chi connectivity index (χ0) is 14.1. The van der Waals surface area contributed by atoms with Crippen molar-refractivity contribution in [1.29, 1.82) is 0 Å². The van der Waals surface area contributed by atoms with Crippen LogP contribution in [0.15, 0.2) is 0 Å². The van der Waals surface area contributed by atoms with Crippen LogP contribution in [0.25, 0.3) is 0 Å². The van der Waals surface area contributed by atoms with Gasteiger partial charge in [0.1, 0.15) is 0 Å². The summed E-state index contributed by atoms with van der Waals surface area (Å²) in [5.74, 6) is 1.68. The Kier molecular flexibility index (Phi) is 4.68. The Labute approximate surface area is 124 Å². The molecule has 2 bridgehead atoms. The van der Waals surface area contributed by atoms with Crippen molar-refractivity contribution in [2.24, 2.45) is 17.6 Å². The fourth-order valence-electron chi connectivity index (χ4n) is 4.84. The average Bonchev–Trinajstić information content (AvgIpc) is 2.69. The molecule has 2 heterocycles. The fourth-order valence-corrected chi connectivity index (χ4v) is 4.84. The van der Waals surface area contributed by atoms with Crippen LogP contribution in [-0.4, -0.2) is 54.6 Å². The first kappa shape index (κ1) is 14.8. The van der Waals surface area contributed by atoms with Gasteiger partial charge >= 0.3 is 0 Å². The minimum atomic E-state index is 0.455. The Hall–Kier alpha value is -0.120. The molecule has 0 spiro atoms. The van der Waals surface area contributed by atoms with E-state index in [1.165, 1.54) is 64.6 Å². The second kappa shape index (κ2) is 6.33. The Balaban J connectivity index is 1.57. The van der Waals surface area contributed by atoms with Crippen LogP contribution in [0.1, 0.15) is 51.9 Å². The molecule has 0 aromatic rings. The first-order valence-electron chi connectivity index (χ1n) is 8.87. The Morgan fingerprint density at radius 3 is 2.65 bits per heavy atom. The molecule has 0 aromatic heterocycles. The Morgan fingerprint density at radius 1 is 1.05 bits per heavy atom. The van der Waals surface area contributed by atoms with Crippen molar-refractivity contribution in [2.75, 3.05) is 26.7 Å². The van der Waals surface area contributed by atoms with Gasteiger partial charge in [0.15, 0.2) is 0 Å². The van der Waals surface area contributed by atoms with Gasteiger partial charge in [-0.15, -0.1) is 0 Å². The van der Waals surface area contributed by atoms with E-state index in [2.05, 4.69) is 23.8 Å². The summed E-state index contributed by atoms with van der Waals surface area (Å²) in [6, 6.07) is 2.12. The fraction of sp³-hybridized carbons (Fsp3) is 1.00. The van der Waals surface area contributed by atoms with Crippen molar-refractivity contribution in [1.82, 2.24) is 9.80 Å². The lowest BCUT2D eigenvalue weighted by Gasteiger charge is -2.37. The molecule has 3 aliphatic rings. The predicted molar refractivity (Wildman–Crippen MR) is 84.7 cm³/mol. The maximum atomic E-state index is 6.42. The van der Waals surface area contributed by atoms with Crippen molar-refractivity contribution in [3.63, 3.8) is 0 Å². The van der Waals surface area contributed by atoms with Crippen LogP contribution in [0.3, 0.4) is 0 Å². The molecule has 2 N–H and O–H groups in total. The number of hydrogen-bond acceptors (Lipinski definition) is 3. The van der Waals surface area contributed by atoms with E-state index in [1.54, 1.807) is 0 Å². The highest BCUT2D eigenvalue weighted by Gasteiger charge is 2.36. The Bertz CT molecular complexity index is 319.